The van der Waals surface area contributed by atoms with Crippen LogP contribution in [-0.2, 0) is 5.41 Å². The Balaban J connectivity index is 1.61. The summed E-state index contributed by atoms with van der Waals surface area (Å²) < 4.78 is 1.21. The molecule has 1 saturated heterocycles. The molecule has 0 spiro atoms. The van der Waals surface area contributed by atoms with E-state index >= 15 is 0 Å². The van der Waals surface area contributed by atoms with Gasteiger partial charge in [0.15, 0.2) is 5.96 Å². The predicted octanol–water partition coefficient (Wildman–Crippen LogP) is 2.28. The number of rotatable bonds is 6. The van der Waals surface area contributed by atoms with Crippen molar-refractivity contribution >= 4 is 21.9 Å². The van der Waals surface area contributed by atoms with Gasteiger partial charge in [-0.15, -0.1) is 0 Å². The molecule has 1 aromatic carbocycles. The number of piperazine rings is 1. The molecule has 6 heteroatoms. The third kappa shape index (κ3) is 4.78. The lowest BCUT2D eigenvalue weighted by Crippen LogP contribution is -2.55. The third-order valence-electron chi connectivity index (χ3n) is 5.67. The van der Waals surface area contributed by atoms with Gasteiger partial charge in [-0.1, -0.05) is 34.1 Å². The van der Waals surface area contributed by atoms with Crippen LogP contribution in [0.4, 0.5) is 0 Å². The molecular weight excluding hydrogens is 390 g/mol. The number of halogens is 1. The predicted molar refractivity (Wildman–Crippen MR) is 113 cm³/mol. The van der Waals surface area contributed by atoms with Crippen LogP contribution in [0.3, 0.4) is 0 Å². The molecule has 1 aliphatic carbocycles. The van der Waals surface area contributed by atoms with Crippen molar-refractivity contribution in [3.63, 3.8) is 0 Å². The van der Waals surface area contributed by atoms with E-state index in [0.717, 1.165) is 45.2 Å². The highest BCUT2D eigenvalue weighted by molar-refractivity contribution is 9.10. The zero-order chi connectivity index (χ0) is 18.6. The maximum absolute atomic E-state index is 4.94. The van der Waals surface area contributed by atoms with Crippen LogP contribution in [-0.4, -0.2) is 75.2 Å². The molecule has 1 aromatic rings. The standard InChI is InChI=1S/C20H32BrN5/c1-4-22-19(23-13-16-14-25(2)11-12-26(16)3)24-15-20(9-10-20)17-7-5-6-8-18(17)21/h5-8,16H,4,9-15H2,1-3H3,(H2,22,23,24). The highest BCUT2D eigenvalue weighted by Crippen LogP contribution is 2.50. The van der Waals surface area contributed by atoms with Gasteiger partial charge in [0.25, 0.3) is 0 Å². The van der Waals surface area contributed by atoms with Gasteiger partial charge in [0.05, 0.1) is 6.54 Å². The number of nitrogens with zero attached hydrogens (tertiary/aromatic N) is 3. The minimum atomic E-state index is 0.213. The summed E-state index contributed by atoms with van der Waals surface area (Å²) in [5.41, 5.74) is 1.61. The average molecular weight is 422 g/mol. The van der Waals surface area contributed by atoms with Gasteiger partial charge in [-0.05, 0) is 45.5 Å². The fourth-order valence-electron chi connectivity index (χ4n) is 3.66. The molecule has 5 nitrogen and oxygen atoms in total. The van der Waals surface area contributed by atoms with Crippen LogP contribution >= 0.6 is 15.9 Å². The molecule has 1 unspecified atom stereocenters. The van der Waals surface area contributed by atoms with Gasteiger partial charge in [0.1, 0.15) is 0 Å². The fourth-order valence-corrected chi connectivity index (χ4v) is 4.37. The van der Waals surface area contributed by atoms with Crippen LogP contribution in [0.25, 0.3) is 0 Å². The van der Waals surface area contributed by atoms with E-state index in [1.54, 1.807) is 0 Å². The summed E-state index contributed by atoms with van der Waals surface area (Å²) in [5, 5.41) is 6.98. The third-order valence-corrected chi connectivity index (χ3v) is 6.36. The zero-order valence-corrected chi connectivity index (χ0v) is 17.8. The number of nitrogens with one attached hydrogen (secondary N) is 2. The number of hydrogen-bond donors (Lipinski definition) is 2. The number of likely N-dealkylation sites (N-methyl/N-ethyl adjacent to an activating group) is 2. The van der Waals surface area contributed by atoms with Gasteiger partial charge in [-0.3, -0.25) is 9.89 Å². The van der Waals surface area contributed by atoms with E-state index in [4.69, 9.17) is 4.99 Å². The van der Waals surface area contributed by atoms with Crippen LogP contribution in [0, 0.1) is 0 Å². The van der Waals surface area contributed by atoms with Gasteiger partial charge >= 0.3 is 0 Å². The summed E-state index contributed by atoms with van der Waals surface area (Å²) in [5.74, 6) is 0.937. The molecule has 26 heavy (non-hydrogen) atoms. The highest BCUT2D eigenvalue weighted by Gasteiger charge is 2.45. The van der Waals surface area contributed by atoms with Crippen molar-refractivity contribution in [3.05, 3.63) is 34.3 Å². The molecule has 2 N–H and O–H groups in total. The normalized spacial score (nSPS) is 23.7. The lowest BCUT2D eigenvalue weighted by atomic mass is 9.96. The summed E-state index contributed by atoms with van der Waals surface area (Å²) in [6.07, 6.45) is 2.43. The Labute approximate surface area is 166 Å². The van der Waals surface area contributed by atoms with E-state index < -0.39 is 0 Å². The average Bonchev–Trinajstić information content (AvgIpc) is 3.41. The summed E-state index contributed by atoms with van der Waals surface area (Å²) in [6.45, 7) is 8.15. The molecule has 0 aromatic heterocycles. The second kappa shape index (κ2) is 8.72. The molecule has 2 aliphatic rings. The van der Waals surface area contributed by atoms with E-state index in [1.165, 1.54) is 22.9 Å². The first kappa shape index (κ1) is 19.6. The quantitative estimate of drug-likeness (QED) is 0.546. The molecule has 0 bridgehead atoms. The van der Waals surface area contributed by atoms with Gasteiger partial charge < -0.3 is 15.5 Å². The lowest BCUT2D eigenvalue weighted by molar-refractivity contribution is 0.116. The van der Waals surface area contributed by atoms with Crippen molar-refractivity contribution in [2.75, 3.05) is 53.4 Å². The van der Waals surface area contributed by atoms with Crippen molar-refractivity contribution in [1.82, 2.24) is 20.4 Å². The second-order valence-electron chi connectivity index (χ2n) is 7.73. The van der Waals surface area contributed by atoms with Crippen LogP contribution in [0.1, 0.15) is 25.3 Å². The van der Waals surface area contributed by atoms with E-state index in [2.05, 4.69) is 81.6 Å². The molecule has 3 rings (SSSR count). The first-order valence-corrected chi connectivity index (χ1v) is 10.5. The van der Waals surface area contributed by atoms with Gasteiger partial charge in [0.2, 0.25) is 0 Å². The smallest absolute Gasteiger partial charge is 0.191 e. The van der Waals surface area contributed by atoms with E-state index in [-0.39, 0.29) is 5.41 Å². The molecule has 0 radical (unpaired) electrons. The zero-order valence-electron chi connectivity index (χ0n) is 16.3. The monoisotopic (exact) mass is 421 g/mol. The Morgan fingerprint density at radius 3 is 2.69 bits per heavy atom. The Morgan fingerprint density at radius 2 is 2.00 bits per heavy atom. The molecule has 2 fully saturated rings. The minimum absolute atomic E-state index is 0.213. The van der Waals surface area contributed by atoms with Crippen molar-refractivity contribution in [1.29, 1.82) is 0 Å². The number of guanidine groups is 1. The molecule has 1 aliphatic heterocycles. The molecule has 1 heterocycles. The van der Waals surface area contributed by atoms with E-state index in [1.807, 2.05) is 0 Å². The Morgan fingerprint density at radius 1 is 1.23 bits per heavy atom. The molecule has 1 atom stereocenters. The Kier molecular flexibility index (Phi) is 6.59. The Bertz CT molecular complexity index is 628. The van der Waals surface area contributed by atoms with Crippen molar-refractivity contribution in [3.8, 4) is 0 Å². The van der Waals surface area contributed by atoms with Crippen molar-refractivity contribution in [2.24, 2.45) is 4.99 Å². The maximum Gasteiger partial charge on any atom is 0.191 e. The van der Waals surface area contributed by atoms with E-state index in [9.17, 15) is 0 Å². The first-order valence-electron chi connectivity index (χ1n) is 9.70. The highest BCUT2D eigenvalue weighted by atomic mass is 79.9. The number of benzene rings is 1. The molecule has 1 saturated carbocycles. The summed E-state index contributed by atoms with van der Waals surface area (Å²) in [4.78, 5) is 9.78. The second-order valence-corrected chi connectivity index (χ2v) is 8.59. The Hall–Kier alpha value is -1.11. The van der Waals surface area contributed by atoms with Gasteiger partial charge in [-0.2, -0.15) is 0 Å². The topological polar surface area (TPSA) is 42.9 Å². The minimum Gasteiger partial charge on any atom is -0.357 e. The molecule has 0 amide bonds. The summed E-state index contributed by atoms with van der Waals surface area (Å²) in [7, 11) is 4.42. The van der Waals surface area contributed by atoms with Crippen molar-refractivity contribution < 1.29 is 0 Å². The van der Waals surface area contributed by atoms with Crippen LogP contribution < -0.4 is 10.6 Å². The first-order chi connectivity index (χ1) is 12.5. The van der Waals surface area contributed by atoms with Gasteiger partial charge in [-0.25, -0.2) is 0 Å². The largest absolute Gasteiger partial charge is 0.357 e. The van der Waals surface area contributed by atoms with Crippen LogP contribution in [0.5, 0.6) is 0 Å². The number of aliphatic imine (C=N–C) groups is 1. The van der Waals surface area contributed by atoms with Crippen LogP contribution in [0.15, 0.2) is 33.7 Å². The van der Waals surface area contributed by atoms with Crippen LogP contribution in [0.2, 0.25) is 0 Å². The SMILES string of the molecule is CCNC(=NCC1(c2ccccc2Br)CC1)NCC1CN(C)CCN1C. The summed E-state index contributed by atoms with van der Waals surface area (Å²) in [6, 6.07) is 9.10. The number of hydrogen-bond acceptors (Lipinski definition) is 3. The van der Waals surface area contributed by atoms with Crippen molar-refractivity contribution in [2.45, 2.75) is 31.2 Å². The molecule has 144 valence electrons. The van der Waals surface area contributed by atoms with Gasteiger partial charge in [0, 0.05) is 48.7 Å². The lowest BCUT2D eigenvalue weighted by Gasteiger charge is -2.38. The summed E-state index contributed by atoms with van der Waals surface area (Å²) >= 11 is 3.72. The fraction of sp³-hybridized carbons (Fsp3) is 0.650. The van der Waals surface area contributed by atoms with E-state index in [0.29, 0.717) is 6.04 Å². The maximum atomic E-state index is 4.94. The molecular formula is C20H32BrN5.